The molecule has 4 rings (SSSR count). The van der Waals surface area contributed by atoms with Crippen molar-refractivity contribution in [2.75, 3.05) is 13.7 Å². The highest BCUT2D eigenvalue weighted by molar-refractivity contribution is 7.08. The van der Waals surface area contributed by atoms with E-state index in [-0.39, 0.29) is 0 Å². The molecule has 0 aliphatic carbocycles. The molecule has 0 radical (unpaired) electrons. The molecular formula is C16H14N4OS. The number of nitrogens with zero attached hydrogens (tertiary/aromatic N) is 4. The van der Waals surface area contributed by atoms with E-state index < -0.39 is 0 Å². The van der Waals surface area contributed by atoms with Gasteiger partial charge in [-0.1, -0.05) is 0 Å². The van der Waals surface area contributed by atoms with Gasteiger partial charge in [0.05, 0.1) is 41.6 Å². The Balaban J connectivity index is 1.81. The molecule has 0 aliphatic heterocycles. The number of hydrogen-bond acceptors (Lipinski definition) is 5. The molecule has 110 valence electrons. The topological polar surface area (TPSA) is 52.8 Å². The summed E-state index contributed by atoms with van der Waals surface area (Å²) in [5.41, 5.74) is 4.68. The van der Waals surface area contributed by atoms with Gasteiger partial charge in [-0.3, -0.25) is 9.67 Å². The second kappa shape index (κ2) is 5.47. The van der Waals surface area contributed by atoms with Crippen LogP contribution >= 0.6 is 11.3 Å². The molecule has 3 heterocycles. The lowest BCUT2D eigenvalue weighted by Gasteiger charge is -2.00. The van der Waals surface area contributed by atoms with E-state index >= 15 is 0 Å². The van der Waals surface area contributed by atoms with Crippen LogP contribution in [0.15, 0.2) is 41.4 Å². The third-order valence-corrected chi connectivity index (χ3v) is 4.24. The molecule has 0 unspecified atom stereocenters. The maximum Gasteiger partial charge on any atom is 0.0946 e. The average Bonchev–Trinajstić information content (AvgIpc) is 3.19. The second-order valence-electron chi connectivity index (χ2n) is 5.05. The third kappa shape index (κ3) is 2.36. The van der Waals surface area contributed by atoms with Crippen LogP contribution in [0.5, 0.6) is 0 Å². The van der Waals surface area contributed by atoms with Crippen LogP contribution in [-0.4, -0.2) is 33.5 Å². The first kappa shape index (κ1) is 13.4. The molecule has 6 heteroatoms. The Hall–Kier alpha value is -2.31. The second-order valence-corrected chi connectivity index (χ2v) is 5.83. The largest absolute Gasteiger partial charge is 0.383 e. The van der Waals surface area contributed by atoms with Gasteiger partial charge in [-0.05, 0) is 23.6 Å². The minimum absolute atomic E-state index is 0.645. The summed E-state index contributed by atoms with van der Waals surface area (Å²) >= 11 is 1.66. The lowest BCUT2D eigenvalue weighted by molar-refractivity contribution is 0.184. The van der Waals surface area contributed by atoms with E-state index in [1.807, 2.05) is 34.6 Å². The number of benzene rings is 1. The quantitative estimate of drug-likeness (QED) is 0.580. The van der Waals surface area contributed by atoms with E-state index in [0.717, 1.165) is 39.7 Å². The van der Waals surface area contributed by atoms with Gasteiger partial charge in [0.25, 0.3) is 0 Å². The number of rotatable bonds is 4. The van der Waals surface area contributed by atoms with Crippen molar-refractivity contribution in [3.05, 3.63) is 41.4 Å². The fraction of sp³-hybridized carbons (Fsp3) is 0.188. The molecule has 0 saturated heterocycles. The molecule has 0 bridgehead atoms. The summed E-state index contributed by atoms with van der Waals surface area (Å²) in [5, 5.41) is 9.76. The monoisotopic (exact) mass is 310 g/mol. The summed E-state index contributed by atoms with van der Waals surface area (Å²) in [6.07, 6.45) is 3.84. The van der Waals surface area contributed by atoms with Gasteiger partial charge in [-0.25, -0.2) is 4.98 Å². The first-order chi connectivity index (χ1) is 10.8. The minimum Gasteiger partial charge on any atom is -0.383 e. The van der Waals surface area contributed by atoms with Gasteiger partial charge in [0.2, 0.25) is 0 Å². The molecule has 0 saturated carbocycles. The van der Waals surface area contributed by atoms with Gasteiger partial charge >= 0.3 is 0 Å². The van der Waals surface area contributed by atoms with Crippen molar-refractivity contribution in [3.63, 3.8) is 0 Å². The van der Waals surface area contributed by atoms with Crippen LogP contribution in [0.3, 0.4) is 0 Å². The molecule has 1 aromatic carbocycles. The van der Waals surface area contributed by atoms with Crippen LogP contribution in [0.25, 0.3) is 33.2 Å². The van der Waals surface area contributed by atoms with Crippen LogP contribution in [0, 0.1) is 0 Å². The van der Waals surface area contributed by atoms with Crippen molar-refractivity contribution in [1.29, 1.82) is 0 Å². The number of aromatic nitrogens is 4. The van der Waals surface area contributed by atoms with Crippen LogP contribution in [0.2, 0.25) is 0 Å². The first-order valence-electron chi connectivity index (χ1n) is 6.99. The minimum atomic E-state index is 0.645. The summed E-state index contributed by atoms with van der Waals surface area (Å²) in [4.78, 5) is 9.25. The highest BCUT2D eigenvalue weighted by atomic mass is 32.1. The molecule has 22 heavy (non-hydrogen) atoms. The van der Waals surface area contributed by atoms with E-state index in [1.165, 1.54) is 0 Å². The Kier molecular flexibility index (Phi) is 3.32. The Morgan fingerprint density at radius 2 is 2.18 bits per heavy atom. The number of thiophene rings is 1. The predicted molar refractivity (Wildman–Crippen MR) is 88.0 cm³/mol. The van der Waals surface area contributed by atoms with Gasteiger partial charge in [-0.15, -0.1) is 0 Å². The Morgan fingerprint density at radius 3 is 3.00 bits per heavy atom. The highest BCUT2D eigenvalue weighted by Gasteiger charge is 2.07. The number of fused-ring (bicyclic) bond motifs is 2. The van der Waals surface area contributed by atoms with Gasteiger partial charge in [0.1, 0.15) is 0 Å². The molecule has 0 aliphatic rings. The Bertz CT molecular complexity index is 930. The lowest BCUT2D eigenvalue weighted by Crippen LogP contribution is -2.03. The van der Waals surface area contributed by atoms with Crippen LogP contribution in [-0.2, 0) is 11.3 Å². The zero-order valence-electron chi connectivity index (χ0n) is 12.1. The highest BCUT2D eigenvalue weighted by Crippen LogP contribution is 2.24. The molecular weight excluding hydrogens is 296 g/mol. The van der Waals surface area contributed by atoms with E-state index in [9.17, 15) is 0 Å². The lowest BCUT2D eigenvalue weighted by atomic mass is 10.2. The Morgan fingerprint density at radius 1 is 1.23 bits per heavy atom. The van der Waals surface area contributed by atoms with Crippen molar-refractivity contribution >= 4 is 33.3 Å². The zero-order valence-corrected chi connectivity index (χ0v) is 12.9. The van der Waals surface area contributed by atoms with Gasteiger partial charge in [-0.2, -0.15) is 16.4 Å². The van der Waals surface area contributed by atoms with Gasteiger partial charge in [0, 0.05) is 29.6 Å². The van der Waals surface area contributed by atoms with Crippen molar-refractivity contribution in [2.45, 2.75) is 6.54 Å². The molecule has 5 nitrogen and oxygen atoms in total. The van der Waals surface area contributed by atoms with E-state index in [0.29, 0.717) is 6.61 Å². The van der Waals surface area contributed by atoms with Crippen LogP contribution < -0.4 is 0 Å². The molecule has 0 amide bonds. The van der Waals surface area contributed by atoms with Crippen molar-refractivity contribution in [3.8, 4) is 11.3 Å². The van der Waals surface area contributed by atoms with Crippen molar-refractivity contribution in [1.82, 2.24) is 19.7 Å². The summed E-state index contributed by atoms with van der Waals surface area (Å²) in [7, 11) is 1.69. The summed E-state index contributed by atoms with van der Waals surface area (Å²) in [5.74, 6) is 0. The number of hydrogen-bond donors (Lipinski definition) is 0. The third-order valence-electron chi connectivity index (χ3n) is 3.56. The predicted octanol–water partition coefficient (Wildman–Crippen LogP) is 3.35. The SMILES string of the molecule is COCCn1cc2cc3ncc(-c4ccsc4)nc3cc2n1. The molecule has 0 N–H and O–H groups in total. The maximum absolute atomic E-state index is 5.09. The summed E-state index contributed by atoms with van der Waals surface area (Å²) in [6.45, 7) is 1.38. The average molecular weight is 310 g/mol. The zero-order chi connectivity index (χ0) is 14.9. The summed E-state index contributed by atoms with van der Waals surface area (Å²) < 4.78 is 6.99. The van der Waals surface area contributed by atoms with Crippen molar-refractivity contribution < 1.29 is 4.74 Å². The molecule has 4 aromatic rings. The van der Waals surface area contributed by atoms with Gasteiger partial charge in [0.15, 0.2) is 0 Å². The summed E-state index contributed by atoms with van der Waals surface area (Å²) in [6, 6.07) is 6.08. The standard InChI is InChI=1S/C16H14N4OS/c1-21-4-3-20-9-12-6-14-15(7-13(12)19-20)18-16(8-17-14)11-2-5-22-10-11/h2,5-10H,3-4H2,1H3. The van der Waals surface area contributed by atoms with Gasteiger partial charge < -0.3 is 4.74 Å². The smallest absolute Gasteiger partial charge is 0.0946 e. The van der Waals surface area contributed by atoms with E-state index in [2.05, 4.69) is 21.5 Å². The van der Waals surface area contributed by atoms with E-state index in [4.69, 9.17) is 9.72 Å². The number of methoxy groups -OCH3 is 1. The van der Waals surface area contributed by atoms with Crippen LogP contribution in [0.1, 0.15) is 0 Å². The first-order valence-corrected chi connectivity index (χ1v) is 7.93. The molecule has 0 fully saturated rings. The maximum atomic E-state index is 5.09. The molecule has 0 atom stereocenters. The molecule has 0 spiro atoms. The number of ether oxygens (including phenoxy) is 1. The fourth-order valence-corrected chi connectivity index (χ4v) is 3.08. The normalized spacial score (nSPS) is 11.5. The van der Waals surface area contributed by atoms with Crippen LogP contribution in [0.4, 0.5) is 0 Å². The van der Waals surface area contributed by atoms with Crippen molar-refractivity contribution in [2.24, 2.45) is 0 Å². The Labute approximate surface area is 131 Å². The fourth-order valence-electron chi connectivity index (χ4n) is 2.43. The van der Waals surface area contributed by atoms with E-state index in [1.54, 1.807) is 18.4 Å². The molecule has 3 aromatic heterocycles.